The molecule has 0 aliphatic carbocycles. The lowest BCUT2D eigenvalue weighted by molar-refractivity contribution is -0.164. The molecule has 0 bridgehead atoms. The predicted molar refractivity (Wildman–Crippen MR) is 199 cm³/mol. The van der Waals surface area contributed by atoms with Crippen molar-refractivity contribution in [2.24, 2.45) is 28.6 Å². The minimum Gasteiger partial charge on any atom is -0.481 e. The van der Waals surface area contributed by atoms with E-state index in [1.54, 1.807) is 0 Å². The number of aliphatic hydroxyl groups is 2. The highest BCUT2D eigenvalue weighted by Gasteiger charge is 2.63. The molecule has 0 saturated heterocycles. The number of halogens is 1. The van der Waals surface area contributed by atoms with Crippen LogP contribution in [0.1, 0.15) is 98.6 Å². The van der Waals surface area contributed by atoms with Gasteiger partial charge in [0.05, 0.1) is 31.7 Å². The van der Waals surface area contributed by atoms with Crippen LogP contribution in [0.3, 0.4) is 0 Å². The van der Waals surface area contributed by atoms with Crippen LogP contribution in [0.15, 0.2) is 60.7 Å². The molecule has 8 heteroatoms. The maximum Gasteiger partial charge on any atom is 0.307 e. The van der Waals surface area contributed by atoms with E-state index >= 15 is 4.79 Å². The second kappa shape index (κ2) is 16.6. The zero-order chi connectivity index (χ0) is 35.8. The first-order chi connectivity index (χ1) is 21.9. The van der Waals surface area contributed by atoms with E-state index in [9.17, 15) is 20.1 Å². The summed E-state index contributed by atoms with van der Waals surface area (Å²) in [6.07, 6.45) is 1.84. The molecule has 4 N–H and O–H groups in total. The van der Waals surface area contributed by atoms with Gasteiger partial charge in [-0.1, -0.05) is 139 Å². The topological polar surface area (TPSA) is 116 Å². The number of nitrogens with one attached hydrogen (secondary N) is 1. The van der Waals surface area contributed by atoms with E-state index < -0.39 is 62.1 Å². The Morgan fingerprint density at radius 2 is 1.32 bits per heavy atom. The zero-order valence-corrected chi connectivity index (χ0v) is 32.4. The molecule has 6 atom stereocenters. The quantitative estimate of drug-likeness (QED) is 0.0865. The first-order valence-electron chi connectivity index (χ1n) is 16.9. The Morgan fingerprint density at radius 3 is 1.72 bits per heavy atom. The average Bonchev–Trinajstić information content (AvgIpc) is 3.05. The molecule has 0 radical (unpaired) electrons. The van der Waals surface area contributed by atoms with Crippen molar-refractivity contribution in [3.8, 4) is 0 Å². The lowest BCUT2D eigenvalue weighted by atomic mass is 9.48. The number of aliphatic hydroxyl groups excluding tert-OH is 2. The molecule has 2 rings (SSSR count). The van der Waals surface area contributed by atoms with E-state index in [2.05, 4.69) is 74.7 Å². The van der Waals surface area contributed by atoms with Crippen LogP contribution in [-0.2, 0) is 19.7 Å². The fourth-order valence-corrected chi connectivity index (χ4v) is 9.12. The van der Waals surface area contributed by atoms with E-state index in [0.717, 1.165) is 17.5 Å². The monoisotopic (exact) mass is 765 g/mol. The molecule has 6 unspecified atom stereocenters. The molecule has 0 aliphatic heterocycles. The smallest absolute Gasteiger partial charge is 0.307 e. The van der Waals surface area contributed by atoms with Gasteiger partial charge in [-0.2, -0.15) is 0 Å². The standard InChI is InChI=1S/C39H60INO6/c1-11-36(7,35(5,6)29-21-17-14-18-22-29)31(33(44)41-39(24-42,25-43)26-47-10)32(34(45)46)37(8,12-2)38(9,40)30(23-27(3)4)28-19-15-13-16-20-28/h13-22,27,30-32,42-43H,11-12,23-26H2,1-10H3,(H,41,44)(H,45,46). The molecule has 2 aromatic rings. The predicted octanol–water partition coefficient (Wildman–Crippen LogP) is 7.62. The third-order valence-corrected chi connectivity index (χ3v) is 13.7. The molecule has 1 amide bonds. The normalized spacial score (nSPS) is 18.3. The van der Waals surface area contributed by atoms with Crippen molar-refractivity contribution in [2.45, 2.75) is 102 Å². The highest BCUT2D eigenvalue weighted by Crippen LogP contribution is 2.62. The number of methoxy groups -OCH3 is 1. The average molecular weight is 766 g/mol. The Kier molecular flexibility index (Phi) is 14.5. The van der Waals surface area contributed by atoms with Gasteiger partial charge in [-0.05, 0) is 65.4 Å². The van der Waals surface area contributed by atoms with Gasteiger partial charge >= 0.3 is 5.97 Å². The van der Waals surface area contributed by atoms with Crippen LogP contribution in [0.25, 0.3) is 0 Å². The van der Waals surface area contributed by atoms with E-state index in [1.165, 1.54) is 7.11 Å². The number of benzene rings is 2. The maximum absolute atomic E-state index is 15.0. The molecular weight excluding hydrogens is 705 g/mol. The number of amides is 1. The van der Waals surface area contributed by atoms with Crippen molar-refractivity contribution < 1.29 is 29.6 Å². The number of hydrogen-bond acceptors (Lipinski definition) is 5. The van der Waals surface area contributed by atoms with Crippen LogP contribution in [-0.4, -0.2) is 63.1 Å². The third kappa shape index (κ3) is 8.25. The van der Waals surface area contributed by atoms with E-state index in [0.29, 0.717) is 18.8 Å². The Hall–Kier alpha value is -2.01. The molecule has 0 aliphatic rings. The van der Waals surface area contributed by atoms with Gasteiger partial charge in [0.15, 0.2) is 0 Å². The highest BCUT2D eigenvalue weighted by molar-refractivity contribution is 14.1. The van der Waals surface area contributed by atoms with Gasteiger partial charge < -0.3 is 25.4 Å². The Labute approximate surface area is 297 Å². The van der Waals surface area contributed by atoms with Crippen LogP contribution in [0.4, 0.5) is 0 Å². The summed E-state index contributed by atoms with van der Waals surface area (Å²) < 4.78 is 4.72. The summed E-state index contributed by atoms with van der Waals surface area (Å²) in [5.74, 6) is -3.42. The highest BCUT2D eigenvalue weighted by atomic mass is 127. The first-order valence-corrected chi connectivity index (χ1v) is 18.0. The number of carbonyl (C=O) groups is 2. The minimum absolute atomic E-state index is 0.00251. The molecule has 2 aromatic carbocycles. The molecule has 0 saturated carbocycles. The molecule has 47 heavy (non-hydrogen) atoms. The minimum atomic E-state index is -1.49. The number of rotatable bonds is 19. The van der Waals surface area contributed by atoms with Gasteiger partial charge in [-0.15, -0.1) is 0 Å². The number of hydrogen-bond donors (Lipinski definition) is 4. The SMILES string of the molecule is CCC(C)(C(C(=O)NC(CO)(CO)COC)C(C(=O)O)C(C)(CC)C(C)(I)C(CC(C)C)c1ccccc1)C(C)(C)c1ccccc1. The van der Waals surface area contributed by atoms with Gasteiger partial charge in [0.1, 0.15) is 5.54 Å². The summed E-state index contributed by atoms with van der Waals surface area (Å²) in [5.41, 5.74) is -1.80. The second-order valence-electron chi connectivity index (χ2n) is 15.0. The van der Waals surface area contributed by atoms with Crippen molar-refractivity contribution in [1.82, 2.24) is 5.32 Å². The van der Waals surface area contributed by atoms with Gasteiger partial charge in [-0.25, -0.2) is 0 Å². The van der Waals surface area contributed by atoms with E-state index in [4.69, 9.17) is 4.74 Å². The van der Waals surface area contributed by atoms with Crippen molar-refractivity contribution in [2.75, 3.05) is 26.9 Å². The van der Waals surface area contributed by atoms with Crippen LogP contribution in [0.5, 0.6) is 0 Å². The Morgan fingerprint density at radius 1 is 0.830 bits per heavy atom. The number of alkyl halides is 1. The molecule has 264 valence electrons. The van der Waals surface area contributed by atoms with Gasteiger partial charge in [-0.3, -0.25) is 9.59 Å². The fraction of sp³-hybridized carbons (Fsp3) is 0.641. The van der Waals surface area contributed by atoms with E-state index in [-0.39, 0.29) is 12.5 Å². The van der Waals surface area contributed by atoms with Gasteiger partial charge in [0.25, 0.3) is 0 Å². The van der Waals surface area contributed by atoms with Crippen molar-refractivity contribution in [3.63, 3.8) is 0 Å². The summed E-state index contributed by atoms with van der Waals surface area (Å²) in [4.78, 5) is 29.1. The molecule has 7 nitrogen and oxygen atoms in total. The lowest BCUT2D eigenvalue weighted by Crippen LogP contribution is -2.65. The molecule has 0 aromatic heterocycles. The maximum atomic E-state index is 15.0. The molecule has 0 heterocycles. The number of aliphatic carboxylic acids is 1. The van der Waals surface area contributed by atoms with Crippen LogP contribution < -0.4 is 5.32 Å². The Balaban J connectivity index is 3.02. The number of carboxylic acids is 1. The molecular formula is C39H60INO6. The third-order valence-electron chi connectivity index (χ3n) is 11.7. The van der Waals surface area contributed by atoms with Gasteiger partial charge in [0.2, 0.25) is 5.91 Å². The number of ether oxygens (including phenoxy) is 1. The largest absolute Gasteiger partial charge is 0.481 e. The van der Waals surface area contributed by atoms with Crippen molar-refractivity contribution in [1.29, 1.82) is 0 Å². The van der Waals surface area contributed by atoms with Gasteiger partial charge in [0, 0.05) is 10.5 Å². The molecule has 0 fully saturated rings. The summed E-state index contributed by atoms with van der Waals surface area (Å²) >= 11 is 2.49. The van der Waals surface area contributed by atoms with Crippen LogP contribution in [0, 0.1) is 28.6 Å². The van der Waals surface area contributed by atoms with Crippen LogP contribution >= 0.6 is 22.6 Å². The van der Waals surface area contributed by atoms with Crippen molar-refractivity contribution in [3.05, 3.63) is 71.8 Å². The summed E-state index contributed by atoms with van der Waals surface area (Å²) in [6.45, 7) is 17.5. The zero-order valence-electron chi connectivity index (χ0n) is 30.3. The van der Waals surface area contributed by atoms with Crippen molar-refractivity contribution >= 4 is 34.5 Å². The second-order valence-corrected chi connectivity index (χ2v) is 17.3. The first kappa shape index (κ1) is 41.2. The lowest BCUT2D eigenvalue weighted by Gasteiger charge is -2.57. The summed E-state index contributed by atoms with van der Waals surface area (Å²) in [5, 5.41) is 35.3. The number of carboxylic acid groups (broad SMARTS) is 1. The fourth-order valence-electron chi connectivity index (χ4n) is 7.79. The number of carbonyl (C=O) groups excluding carboxylic acids is 1. The van der Waals surface area contributed by atoms with E-state index in [1.807, 2.05) is 76.2 Å². The molecule has 0 spiro atoms. The van der Waals surface area contributed by atoms with Crippen LogP contribution in [0.2, 0.25) is 0 Å². The summed E-state index contributed by atoms with van der Waals surface area (Å²) in [6, 6.07) is 20.2. The summed E-state index contributed by atoms with van der Waals surface area (Å²) in [7, 11) is 1.44. The Bertz CT molecular complexity index is 1280.